The Bertz CT molecular complexity index is 851. The van der Waals surface area contributed by atoms with Crippen molar-refractivity contribution >= 4 is 50.4 Å². The second-order valence-corrected chi connectivity index (χ2v) is 4.72. The predicted octanol–water partition coefficient (Wildman–Crippen LogP) is 5.05. The first-order chi connectivity index (χ1) is 8.88. The van der Waals surface area contributed by atoms with Crippen LogP contribution in [0, 0.1) is 0 Å². The van der Waals surface area contributed by atoms with Gasteiger partial charge in [0.2, 0.25) is 0 Å². The second-order valence-electron chi connectivity index (χ2n) is 4.72. The summed E-state index contributed by atoms with van der Waals surface area (Å²) in [5.41, 5.74) is 1.20. The summed E-state index contributed by atoms with van der Waals surface area (Å²) in [6.45, 7) is 0. The van der Waals surface area contributed by atoms with Crippen molar-refractivity contribution < 1.29 is 0 Å². The highest BCUT2D eigenvalue weighted by atomic mass is 35.5. The molecule has 0 unspecified atom stereocenters. The molecule has 0 spiro atoms. The molecule has 1 N–H and O–H groups in total. The molecule has 0 heterocycles. The van der Waals surface area contributed by atoms with Crippen LogP contribution in [-0.4, -0.2) is 7.05 Å². The van der Waals surface area contributed by atoms with Gasteiger partial charge in [0.15, 0.2) is 0 Å². The van der Waals surface area contributed by atoms with Gasteiger partial charge in [-0.25, -0.2) is 0 Å². The Morgan fingerprint density at radius 2 is 1.26 bits per heavy atom. The number of anilines is 1. The lowest BCUT2D eigenvalue weighted by Gasteiger charge is -2.13. The first kappa shape index (κ1) is 12.1. The summed E-state index contributed by atoms with van der Waals surface area (Å²) in [6.07, 6.45) is 0. The minimum Gasteiger partial charge on any atom is -0.388 e. The van der Waals surface area contributed by atoms with Crippen molar-refractivity contribution in [2.24, 2.45) is 0 Å². The van der Waals surface area contributed by atoms with E-state index in [1.54, 1.807) is 0 Å². The van der Waals surface area contributed by atoms with Crippen LogP contribution in [0.3, 0.4) is 0 Å². The summed E-state index contributed by atoms with van der Waals surface area (Å²) >= 11 is 0. The van der Waals surface area contributed by atoms with E-state index in [1.165, 1.54) is 38.0 Å². The topological polar surface area (TPSA) is 12.0 Å². The van der Waals surface area contributed by atoms with Gasteiger partial charge in [0.1, 0.15) is 0 Å². The summed E-state index contributed by atoms with van der Waals surface area (Å²) < 4.78 is 0. The van der Waals surface area contributed by atoms with Crippen LogP contribution in [0.25, 0.3) is 32.3 Å². The van der Waals surface area contributed by atoms with Crippen molar-refractivity contribution in [3.8, 4) is 0 Å². The number of nitrogens with one attached hydrogen (secondary N) is 1. The molecule has 19 heavy (non-hydrogen) atoms. The van der Waals surface area contributed by atoms with E-state index in [4.69, 9.17) is 0 Å². The number of benzene rings is 4. The molecule has 0 fully saturated rings. The third kappa shape index (κ3) is 1.55. The lowest BCUT2D eigenvalue weighted by atomic mass is 9.93. The number of halogens is 1. The summed E-state index contributed by atoms with van der Waals surface area (Å²) in [6, 6.07) is 19.7. The molecule has 0 atom stereocenters. The second kappa shape index (κ2) is 4.29. The first-order valence-electron chi connectivity index (χ1n) is 6.23. The van der Waals surface area contributed by atoms with E-state index in [9.17, 15) is 0 Å². The fraction of sp³-hybridized carbons (Fsp3) is 0.0588. The van der Waals surface area contributed by atoms with Crippen LogP contribution >= 0.6 is 12.4 Å². The van der Waals surface area contributed by atoms with Gasteiger partial charge in [-0.2, -0.15) is 0 Å². The van der Waals surface area contributed by atoms with Crippen molar-refractivity contribution in [2.45, 2.75) is 0 Å². The van der Waals surface area contributed by atoms with Crippen molar-refractivity contribution in [3.63, 3.8) is 0 Å². The van der Waals surface area contributed by atoms with Crippen molar-refractivity contribution in [1.29, 1.82) is 0 Å². The molecule has 0 aliphatic carbocycles. The number of hydrogen-bond donors (Lipinski definition) is 1. The largest absolute Gasteiger partial charge is 0.388 e. The zero-order valence-corrected chi connectivity index (χ0v) is 11.4. The van der Waals surface area contributed by atoms with Gasteiger partial charge < -0.3 is 5.32 Å². The molecule has 0 aliphatic heterocycles. The average Bonchev–Trinajstić information content (AvgIpc) is 2.44. The molecule has 0 aliphatic rings. The van der Waals surface area contributed by atoms with E-state index < -0.39 is 0 Å². The predicted molar refractivity (Wildman–Crippen MR) is 86.9 cm³/mol. The quantitative estimate of drug-likeness (QED) is 0.476. The summed E-state index contributed by atoms with van der Waals surface area (Å²) in [4.78, 5) is 0. The number of hydrogen-bond acceptors (Lipinski definition) is 1. The maximum atomic E-state index is 3.28. The molecular weight excluding hydrogens is 254 g/mol. The monoisotopic (exact) mass is 267 g/mol. The zero-order chi connectivity index (χ0) is 12.1. The Labute approximate surface area is 118 Å². The van der Waals surface area contributed by atoms with E-state index in [-0.39, 0.29) is 12.4 Å². The van der Waals surface area contributed by atoms with Gasteiger partial charge >= 0.3 is 0 Å². The van der Waals surface area contributed by atoms with Gasteiger partial charge in [0, 0.05) is 18.1 Å². The Morgan fingerprint density at radius 3 is 1.95 bits per heavy atom. The Hall–Kier alpha value is -1.99. The molecule has 4 aromatic carbocycles. The van der Waals surface area contributed by atoms with E-state index in [0.717, 1.165) is 0 Å². The van der Waals surface area contributed by atoms with Crippen LogP contribution in [0.15, 0.2) is 54.6 Å². The Kier molecular flexibility index (Phi) is 2.72. The molecule has 1 nitrogen and oxygen atoms in total. The molecule has 0 saturated carbocycles. The summed E-state index contributed by atoms with van der Waals surface area (Å²) in [5.74, 6) is 0. The molecule has 4 rings (SSSR count). The van der Waals surface area contributed by atoms with E-state index in [0.29, 0.717) is 0 Å². The van der Waals surface area contributed by atoms with Crippen LogP contribution < -0.4 is 5.32 Å². The standard InChI is InChI=1S/C17H13N.ClH/c1-18-15-10-8-13-6-5-11-3-2-4-12-7-9-14(15)17(13)16(11)12;/h2-10,18H,1H3;1H. The molecule has 4 aromatic rings. The lowest BCUT2D eigenvalue weighted by Crippen LogP contribution is -1.91. The van der Waals surface area contributed by atoms with E-state index >= 15 is 0 Å². The fourth-order valence-electron chi connectivity index (χ4n) is 2.95. The van der Waals surface area contributed by atoms with Gasteiger partial charge in [0.05, 0.1) is 0 Å². The molecule has 94 valence electrons. The van der Waals surface area contributed by atoms with Crippen LogP contribution in [0.2, 0.25) is 0 Å². The molecular formula is C17H14ClN. The molecule has 0 saturated heterocycles. The highest BCUT2D eigenvalue weighted by molar-refractivity contribution is 6.25. The van der Waals surface area contributed by atoms with E-state index in [1.807, 2.05) is 7.05 Å². The lowest BCUT2D eigenvalue weighted by molar-refractivity contribution is 1.55. The van der Waals surface area contributed by atoms with Crippen molar-refractivity contribution in [3.05, 3.63) is 54.6 Å². The third-order valence-electron chi connectivity index (χ3n) is 3.80. The minimum atomic E-state index is 0. The third-order valence-corrected chi connectivity index (χ3v) is 3.80. The highest BCUT2D eigenvalue weighted by Crippen LogP contribution is 2.37. The number of rotatable bonds is 1. The maximum absolute atomic E-state index is 3.28. The first-order valence-corrected chi connectivity index (χ1v) is 6.23. The van der Waals surface area contributed by atoms with E-state index in [2.05, 4.69) is 59.9 Å². The SMILES string of the molecule is CNc1ccc2ccc3cccc4ccc1c2c34.Cl. The fourth-order valence-corrected chi connectivity index (χ4v) is 2.95. The zero-order valence-electron chi connectivity index (χ0n) is 10.6. The van der Waals surface area contributed by atoms with Gasteiger partial charge in [-0.3, -0.25) is 0 Å². The van der Waals surface area contributed by atoms with Crippen molar-refractivity contribution in [1.82, 2.24) is 0 Å². The highest BCUT2D eigenvalue weighted by Gasteiger charge is 2.09. The van der Waals surface area contributed by atoms with Crippen LogP contribution in [0.1, 0.15) is 0 Å². The van der Waals surface area contributed by atoms with Crippen LogP contribution in [-0.2, 0) is 0 Å². The molecule has 0 radical (unpaired) electrons. The van der Waals surface area contributed by atoms with Gasteiger partial charge in [0.25, 0.3) is 0 Å². The molecule has 0 aromatic heterocycles. The van der Waals surface area contributed by atoms with Crippen molar-refractivity contribution in [2.75, 3.05) is 12.4 Å². The van der Waals surface area contributed by atoms with Gasteiger partial charge in [-0.15, -0.1) is 12.4 Å². The van der Waals surface area contributed by atoms with Gasteiger partial charge in [-0.1, -0.05) is 48.5 Å². The van der Waals surface area contributed by atoms with Gasteiger partial charge in [-0.05, 0) is 33.0 Å². The normalized spacial score (nSPS) is 11.0. The maximum Gasteiger partial charge on any atom is 0.0417 e. The average molecular weight is 268 g/mol. The Morgan fingerprint density at radius 1 is 0.684 bits per heavy atom. The van der Waals surface area contributed by atoms with Crippen LogP contribution in [0.5, 0.6) is 0 Å². The Balaban J connectivity index is 0.00000110. The molecule has 2 heteroatoms. The minimum absolute atomic E-state index is 0. The summed E-state index contributed by atoms with van der Waals surface area (Å²) in [5, 5.41) is 11.3. The van der Waals surface area contributed by atoms with Crippen LogP contribution in [0.4, 0.5) is 5.69 Å². The molecule has 0 amide bonds. The smallest absolute Gasteiger partial charge is 0.0417 e. The summed E-state index contributed by atoms with van der Waals surface area (Å²) in [7, 11) is 1.98. The molecule has 0 bridgehead atoms.